The Morgan fingerprint density at radius 3 is 2.84 bits per heavy atom. The molecule has 1 amide bonds. The number of fused-ring (bicyclic) bond motifs is 1. The molecule has 0 bridgehead atoms. The highest BCUT2D eigenvalue weighted by molar-refractivity contribution is 6.39. The lowest BCUT2D eigenvalue weighted by Gasteiger charge is -2.16. The normalized spacial score (nSPS) is 19.1. The Hall–Kier alpha value is -3.75. The maximum Gasteiger partial charge on any atom is 0.289 e. The maximum absolute atomic E-state index is 12.5. The van der Waals surface area contributed by atoms with Crippen LogP contribution in [0.15, 0.2) is 46.7 Å². The summed E-state index contributed by atoms with van der Waals surface area (Å²) < 4.78 is 21.7. The van der Waals surface area contributed by atoms with Crippen LogP contribution in [0.2, 0.25) is 0 Å². The molecule has 4 rings (SSSR count). The number of carbonyl (C=O) groups excluding carboxylic acids is 1. The number of oxime groups is 1. The summed E-state index contributed by atoms with van der Waals surface area (Å²) in [6.45, 7) is 4.52. The van der Waals surface area contributed by atoms with Gasteiger partial charge >= 0.3 is 0 Å². The summed E-state index contributed by atoms with van der Waals surface area (Å²) >= 11 is 0. The van der Waals surface area contributed by atoms with E-state index in [4.69, 9.17) is 23.8 Å². The standard InChI is InChI=1S/C22H23N3O6/c1-4-28-16-7-5-14(6-8-16)11-23-24-22(26)19-13(2)20(31-25-19)15-9-17(27-3)21-18(10-15)29-12-30-21/h5-11,13,20H,4,12H2,1-3H3,(H,24,26)/b23-11+. The molecule has 1 N–H and O–H groups in total. The fourth-order valence-electron chi connectivity index (χ4n) is 3.38. The molecule has 9 nitrogen and oxygen atoms in total. The Labute approximate surface area is 179 Å². The van der Waals surface area contributed by atoms with Crippen LogP contribution in [0.5, 0.6) is 23.0 Å². The van der Waals surface area contributed by atoms with Crippen LogP contribution in [0.1, 0.15) is 31.1 Å². The van der Waals surface area contributed by atoms with E-state index >= 15 is 0 Å². The SMILES string of the molecule is CCOc1ccc(/C=N/NC(=O)C2=NOC(c3cc(OC)c4c(c3)OCO4)C2C)cc1. The van der Waals surface area contributed by atoms with Crippen molar-refractivity contribution in [2.45, 2.75) is 20.0 Å². The molecule has 0 aliphatic carbocycles. The number of hydrogen-bond acceptors (Lipinski definition) is 8. The van der Waals surface area contributed by atoms with Crippen molar-refractivity contribution in [2.24, 2.45) is 16.2 Å². The van der Waals surface area contributed by atoms with Crippen molar-refractivity contribution in [3.63, 3.8) is 0 Å². The topological polar surface area (TPSA) is 100.0 Å². The van der Waals surface area contributed by atoms with Crippen LogP contribution in [0, 0.1) is 5.92 Å². The Bertz CT molecular complexity index is 1020. The quantitative estimate of drug-likeness (QED) is 0.541. The van der Waals surface area contributed by atoms with Crippen molar-refractivity contribution < 1.29 is 28.6 Å². The van der Waals surface area contributed by atoms with Crippen molar-refractivity contribution in [1.82, 2.24) is 5.43 Å². The van der Waals surface area contributed by atoms with Gasteiger partial charge in [0.2, 0.25) is 12.5 Å². The van der Waals surface area contributed by atoms with Crippen molar-refractivity contribution >= 4 is 17.8 Å². The van der Waals surface area contributed by atoms with Gasteiger partial charge in [-0.15, -0.1) is 0 Å². The summed E-state index contributed by atoms with van der Waals surface area (Å²) in [6.07, 6.45) is 1.09. The van der Waals surface area contributed by atoms with Gasteiger partial charge in [0.05, 0.1) is 25.8 Å². The Morgan fingerprint density at radius 1 is 1.29 bits per heavy atom. The molecular weight excluding hydrogens is 402 g/mol. The van der Waals surface area contributed by atoms with E-state index in [2.05, 4.69) is 15.7 Å². The molecule has 0 saturated carbocycles. The second-order valence-corrected chi connectivity index (χ2v) is 6.95. The van der Waals surface area contributed by atoms with Gasteiger partial charge in [-0.2, -0.15) is 5.10 Å². The number of carbonyl (C=O) groups is 1. The lowest BCUT2D eigenvalue weighted by atomic mass is 9.93. The van der Waals surface area contributed by atoms with E-state index in [0.717, 1.165) is 16.9 Å². The Morgan fingerprint density at radius 2 is 2.10 bits per heavy atom. The van der Waals surface area contributed by atoms with E-state index in [1.807, 2.05) is 44.2 Å². The van der Waals surface area contributed by atoms with E-state index in [1.165, 1.54) is 0 Å². The fourth-order valence-corrected chi connectivity index (χ4v) is 3.38. The van der Waals surface area contributed by atoms with Gasteiger partial charge in [-0.05, 0) is 48.9 Å². The molecular formula is C22H23N3O6. The minimum absolute atomic E-state index is 0.132. The van der Waals surface area contributed by atoms with Crippen molar-refractivity contribution in [1.29, 1.82) is 0 Å². The third-order valence-corrected chi connectivity index (χ3v) is 4.96. The number of hydrogen-bond donors (Lipinski definition) is 1. The summed E-state index contributed by atoms with van der Waals surface area (Å²) in [7, 11) is 1.55. The van der Waals surface area contributed by atoms with E-state index < -0.39 is 12.0 Å². The Balaban J connectivity index is 1.39. The van der Waals surface area contributed by atoms with Gasteiger partial charge in [0.25, 0.3) is 5.91 Å². The highest BCUT2D eigenvalue weighted by atomic mass is 16.7. The third kappa shape index (κ3) is 4.25. The van der Waals surface area contributed by atoms with Crippen LogP contribution in [-0.4, -0.2) is 38.3 Å². The number of ether oxygens (including phenoxy) is 4. The van der Waals surface area contributed by atoms with Gasteiger partial charge in [-0.3, -0.25) is 4.79 Å². The maximum atomic E-state index is 12.5. The molecule has 0 radical (unpaired) electrons. The first kappa shape index (κ1) is 20.5. The number of benzene rings is 2. The second kappa shape index (κ2) is 8.95. The van der Waals surface area contributed by atoms with Crippen LogP contribution < -0.4 is 24.4 Å². The van der Waals surface area contributed by atoms with E-state index in [1.54, 1.807) is 19.4 Å². The number of nitrogens with one attached hydrogen (secondary N) is 1. The van der Waals surface area contributed by atoms with Gasteiger partial charge in [-0.25, -0.2) is 5.43 Å². The van der Waals surface area contributed by atoms with Crippen LogP contribution in [-0.2, 0) is 9.63 Å². The van der Waals surface area contributed by atoms with Crippen LogP contribution in [0.25, 0.3) is 0 Å². The number of nitrogens with zero attached hydrogens (tertiary/aromatic N) is 2. The molecule has 0 saturated heterocycles. The zero-order chi connectivity index (χ0) is 21.8. The molecule has 2 unspecified atom stereocenters. The number of methoxy groups -OCH3 is 1. The predicted molar refractivity (Wildman–Crippen MR) is 113 cm³/mol. The van der Waals surface area contributed by atoms with Crippen molar-refractivity contribution in [3.8, 4) is 23.0 Å². The highest BCUT2D eigenvalue weighted by Gasteiger charge is 2.37. The molecule has 0 aromatic heterocycles. The molecule has 2 heterocycles. The van der Waals surface area contributed by atoms with Crippen LogP contribution >= 0.6 is 0 Å². The summed E-state index contributed by atoms with van der Waals surface area (Å²) in [5, 5.41) is 7.99. The summed E-state index contributed by atoms with van der Waals surface area (Å²) in [5.41, 5.74) is 4.36. The lowest BCUT2D eigenvalue weighted by Crippen LogP contribution is -2.31. The first-order chi connectivity index (χ1) is 15.1. The van der Waals surface area contributed by atoms with Gasteiger partial charge in [0.15, 0.2) is 23.3 Å². The average Bonchev–Trinajstić information content (AvgIpc) is 3.41. The van der Waals surface area contributed by atoms with Crippen molar-refractivity contribution in [2.75, 3.05) is 20.5 Å². The number of hydrazone groups is 1. The number of rotatable bonds is 7. The number of amides is 1. The average molecular weight is 425 g/mol. The minimum atomic E-state index is -0.459. The molecule has 9 heteroatoms. The Kier molecular flexibility index (Phi) is 5.92. The monoisotopic (exact) mass is 425 g/mol. The molecule has 0 spiro atoms. The van der Waals surface area contributed by atoms with E-state index in [9.17, 15) is 4.79 Å². The summed E-state index contributed by atoms with van der Waals surface area (Å²) in [6, 6.07) is 11.0. The molecule has 0 fully saturated rings. The molecule has 162 valence electrons. The largest absolute Gasteiger partial charge is 0.494 e. The second-order valence-electron chi connectivity index (χ2n) is 6.95. The van der Waals surface area contributed by atoms with Crippen LogP contribution in [0.3, 0.4) is 0 Å². The van der Waals surface area contributed by atoms with Crippen molar-refractivity contribution in [3.05, 3.63) is 47.5 Å². The predicted octanol–water partition coefficient (Wildman–Crippen LogP) is 3.04. The van der Waals surface area contributed by atoms with Gasteiger partial charge in [-0.1, -0.05) is 12.1 Å². The van der Waals surface area contributed by atoms with E-state index in [0.29, 0.717) is 23.9 Å². The molecule has 31 heavy (non-hydrogen) atoms. The molecule has 2 atom stereocenters. The molecule has 2 aromatic rings. The smallest absolute Gasteiger partial charge is 0.289 e. The molecule has 2 aliphatic heterocycles. The zero-order valence-electron chi connectivity index (χ0n) is 17.5. The summed E-state index contributed by atoms with van der Waals surface area (Å²) in [5.74, 6) is 1.72. The highest BCUT2D eigenvalue weighted by Crippen LogP contribution is 2.45. The zero-order valence-corrected chi connectivity index (χ0v) is 17.5. The molecule has 2 aliphatic rings. The first-order valence-electron chi connectivity index (χ1n) is 9.88. The van der Waals surface area contributed by atoms with Gasteiger partial charge < -0.3 is 23.8 Å². The first-order valence-corrected chi connectivity index (χ1v) is 9.88. The molecule has 2 aromatic carbocycles. The van der Waals surface area contributed by atoms with Gasteiger partial charge in [0, 0.05) is 5.56 Å². The van der Waals surface area contributed by atoms with E-state index in [-0.39, 0.29) is 18.4 Å². The van der Waals surface area contributed by atoms with Crippen LogP contribution in [0.4, 0.5) is 0 Å². The third-order valence-electron chi connectivity index (χ3n) is 4.96. The fraction of sp³-hybridized carbons (Fsp3) is 0.318. The lowest BCUT2D eigenvalue weighted by molar-refractivity contribution is -0.115. The van der Waals surface area contributed by atoms with Gasteiger partial charge in [0.1, 0.15) is 5.75 Å². The minimum Gasteiger partial charge on any atom is -0.494 e. The summed E-state index contributed by atoms with van der Waals surface area (Å²) in [4.78, 5) is 18.1.